The number of amides is 1. The van der Waals surface area contributed by atoms with Crippen LogP contribution in [0.3, 0.4) is 0 Å². The highest BCUT2D eigenvalue weighted by molar-refractivity contribution is 6.33. The van der Waals surface area contributed by atoms with Crippen LogP contribution in [0.1, 0.15) is 24.8 Å². The molecule has 4 rings (SSSR count). The van der Waals surface area contributed by atoms with Crippen molar-refractivity contribution in [2.75, 3.05) is 19.8 Å². The normalized spacial score (nSPS) is 12.6. The standard InChI is InChI=1S/C23H23ClN2O4/c1-2-26(15-16-6-5-9-19-23(16)29-13-12-28-19)22(27)11-10-21-25-14-20(30-21)17-7-3-4-8-18(17)24/h3-9,14H,2,10-13,15H2,1H3. The highest BCUT2D eigenvalue weighted by Gasteiger charge is 2.20. The van der Waals surface area contributed by atoms with E-state index in [1.54, 1.807) is 17.2 Å². The second-order valence-corrected chi connectivity index (χ2v) is 7.35. The SMILES string of the molecule is CCN(Cc1cccc2c1OCCO2)C(=O)CCc1ncc(-c2ccccc2Cl)o1. The fourth-order valence-corrected chi connectivity index (χ4v) is 3.65. The van der Waals surface area contributed by atoms with Gasteiger partial charge in [-0.1, -0.05) is 35.9 Å². The van der Waals surface area contributed by atoms with E-state index in [9.17, 15) is 4.79 Å². The molecule has 0 fully saturated rings. The average molecular weight is 427 g/mol. The van der Waals surface area contributed by atoms with Crippen molar-refractivity contribution in [2.24, 2.45) is 0 Å². The molecule has 6 nitrogen and oxygen atoms in total. The second kappa shape index (κ2) is 9.22. The maximum absolute atomic E-state index is 12.8. The van der Waals surface area contributed by atoms with E-state index in [1.807, 2.05) is 43.3 Å². The van der Waals surface area contributed by atoms with Crippen molar-refractivity contribution in [3.63, 3.8) is 0 Å². The first-order valence-corrected chi connectivity index (χ1v) is 10.4. The third-order valence-electron chi connectivity index (χ3n) is 4.99. The molecule has 0 aliphatic carbocycles. The maximum Gasteiger partial charge on any atom is 0.223 e. The summed E-state index contributed by atoms with van der Waals surface area (Å²) in [4.78, 5) is 18.9. The van der Waals surface area contributed by atoms with E-state index in [4.69, 9.17) is 25.5 Å². The van der Waals surface area contributed by atoms with Crippen LogP contribution in [0.5, 0.6) is 11.5 Å². The van der Waals surface area contributed by atoms with Gasteiger partial charge in [0.2, 0.25) is 5.91 Å². The van der Waals surface area contributed by atoms with Gasteiger partial charge in [-0.2, -0.15) is 0 Å². The molecule has 0 unspecified atom stereocenters. The molecule has 30 heavy (non-hydrogen) atoms. The summed E-state index contributed by atoms with van der Waals surface area (Å²) < 4.78 is 17.2. The van der Waals surface area contributed by atoms with Crippen LogP contribution in [-0.2, 0) is 17.8 Å². The van der Waals surface area contributed by atoms with Crippen LogP contribution >= 0.6 is 11.6 Å². The molecule has 2 heterocycles. The fraction of sp³-hybridized carbons (Fsp3) is 0.304. The lowest BCUT2D eigenvalue weighted by Crippen LogP contribution is -2.31. The first-order valence-electron chi connectivity index (χ1n) is 10.0. The van der Waals surface area contributed by atoms with Gasteiger partial charge >= 0.3 is 0 Å². The minimum atomic E-state index is 0.0318. The average Bonchev–Trinajstić information content (AvgIpc) is 3.25. The Balaban J connectivity index is 1.39. The quantitative estimate of drug-likeness (QED) is 0.545. The second-order valence-electron chi connectivity index (χ2n) is 6.95. The van der Waals surface area contributed by atoms with E-state index in [-0.39, 0.29) is 5.91 Å². The molecule has 0 N–H and O–H groups in total. The molecule has 0 saturated heterocycles. The molecule has 1 aromatic heterocycles. The van der Waals surface area contributed by atoms with E-state index in [0.29, 0.717) is 55.8 Å². The first kappa shape index (κ1) is 20.3. The number of aromatic nitrogens is 1. The van der Waals surface area contributed by atoms with E-state index in [0.717, 1.165) is 22.6 Å². The van der Waals surface area contributed by atoms with Gasteiger partial charge in [0.05, 0.1) is 11.2 Å². The Kier molecular flexibility index (Phi) is 6.23. The van der Waals surface area contributed by atoms with Crippen molar-refractivity contribution in [3.05, 3.63) is 65.1 Å². The lowest BCUT2D eigenvalue weighted by Gasteiger charge is -2.25. The number of rotatable bonds is 7. The van der Waals surface area contributed by atoms with Crippen LogP contribution < -0.4 is 9.47 Å². The molecule has 7 heteroatoms. The highest BCUT2D eigenvalue weighted by atomic mass is 35.5. The number of benzene rings is 2. The summed E-state index contributed by atoms with van der Waals surface area (Å²) in [6.45, 7) is 4.09. The number of aryl methyl sites for hydroxylation is 1. The smallest absolute Gasteiger partial charge is 0.223 e. The number of oxazole rings is 1. The van der Waals surface area contributed by atoms with Gasteiger partial charge in [0, 0.05) is 37.1 Å². The van der Waals surface area contributed by atoms with Crippen molar-refractivity contribution in [2.45, 2.75) is 26.3 Å². The molecular formula is C23H23ClN2O4. The zero-order valence-corrected chi connectivity index (χ0v) is 17.5. The van der Waals surface area contributed by atoms with Crippen LogP contribution in [0.2, 0.25) is 5.02 Å². The van der Waals surface area contributed by atoms with Crippen molar-refractivity contribution in [3.8, 4) is 22.8 Å². The largest absolute Gasteiger partial charge is 0.486 e. The van der Waals surface area contributed by atoms with E-state index in [1.165, 1.54) is 0 Å². The number of fused-ring (bicyclic) bond motifs is 1. The molecule has 1 amide bonds. The van der Waals surface area contributed by atoms with Gasteiger partial charge in [-0.15, -0.1) is 0 Å². The fourth-order valence-electron chi connectivity index (χ4n) is 3.42. The third kappa shape index (κ3) is 4.44. The number of para-hydroxylation sites is 1. The van der Waals surface area contributed by atoms with Gasteiger partial charge in [-0.25, -0.2) is 4.98 Å². The van der Waals surface area contributed by atoms with Crippen LogP contribution in [0.4, 0.5) is 0 Å². The van der Waals surface area contributed by atoms with Gasteiger partial charge < -0.3 is 18.8 Å². The molecule has 0 radical (unpaired) electrons. The van der Waals surface area contributed by atoms with Gasteiger partial charge in [0.1, 0.15) is 13.2 Å². The Morgan fingerprint density at radius 3 is 2.80 bits per heavy atom. The molecule has 1 aliphatic heterocycles. The maximum atomic E-state index is 12.8. The van der Waals surface area contributed by atoms with Crippen molar-refractivity contribution < 1.29 is 18.7 Å². The molecular weight excluding hydrogens is 404 g/mol. The van der Waals surface area contributed by atoms with Crippen LogP contribution in [0.15, 0.2) is 53.1 Å². The third-order valence-corrected chi connectivity index (χ3v) is 5.32. The Morgan fingerprint density at radius 1 is 1.13 bits per heavy atom. The number of nitrogens with zero attached hydrogens (tertiary/aromatic N) is 2. The molecule has 156 valence electrons. The highest BCUT2D eigenvalue weighted by Crippen LogP contribution is 2.34. The van der Waals surface area contributed by atoms with E-state index in [2.05, 4.69) is 4.98 Å². The van der Waals surface area contributed by atoms with Gasteiger partial charge in [-0.3, -0.25) is 4.79 Å². The molecule has 1 aliphatic rings. The first-order chi connectivity index (χ1) is 14.7. The molecule has 3 aromatic rings. The van der Waals surface area contributed by atoms with Crippen molar-refractivity contribution in [1.82, 2.24) is 9.88 Å². The molecule has 0 spiro atoms. The zero-order chi connectivity index (χ0) is 20.9. The number of hydrogen-bond acceptors (Lipinski definition) is 5. The summed E-state index contributed by atoms with van der Waals surface area (Å²) in [6.07, 6.45) is 2.38. The van der Waals surface area contributed by atoms with Gasteiger partial charge in [0.15, 0.2) is 23.1 Å². The van der Waals surface area contributed by atoms with E-state index >= 15 is 0 Å². The number of carbonyl (C=O) groups is 1. The molecule has 2 aromatic carbocycles. The number of carbonyl (C=O) groups excluding carboxylic acids is 1. The van der Waals surface area contributed by atoms with Crippen molar-refractivity contribution >= 4 is 17.5 Å². The summed E-state index contributed by atoms with van der Waals surface area (Å²) in [5, 5.41) is 0.603. The molecule has 0 bridgehead atoms. The zero-order valence-electron chi connectivity index (χ0n) is 16.8. The summed E-state index contributed by atoms with van der Waals surface area (Å²) >= 11 is 6.22. The summed E-state index contributed by atoms with van der Waals surface area (Å²) in [7, 11) is 0. The number of hydrogen-bond donors (Lipinski definition) is 0. The van der Waals surface area contributed by atoms with Gasteiger partial charge in [-0.05, 0) is 25.1 Å². The Hall–Kier alpha value is -2.99. The van der Waals surface area contributed by atoms with Gasteiger partial charge in [0.25, 0.3) is 0 Å². The summed E-state index contributed by atoms with van der Waals surface area (Å²) in [6, 6.07) is 13.2. The topological polar surface area (TPSA) is 64.8 Å². The summed E-state index contributed by atoms with van der Waals surface area (Å²) in [5.41, 5.74) is 1.73. The minimum Gasteiger partial charge on any atom is -0.486 e. The lowest BCUT2D eigenvalue weighted by molar-refractivity contribution is -0.131. The Labute approximate surface area is 180 Å². The Morgan fingerprint density at radius 2 is 1.97 bits per heavy atom. The Bertz CT molecular complexity index is 1030. The monoisotopic (exact) mass is 426 g/mol. The van der Waals surface area contributed by atoms with Crippen LogP contribution in [-0.4, -0.2) is 35.5 Å². The predicted octanol–water partition coefficient (Wildman–Crippen LogP) is 4.75. The number of halogens is 1. The van der Waals surface area contributed by atoms with Crippen molar-refractivity contribution in [1.29, 1.82) is 0 Å². The predicted molar refractivity (Wildman–Crippen MR) is 114 cm³/mol. The van der Waals surface area contributed by atoms with Crippen LogP contribution in [0, 0.1) is 0 Å². The van der Waals surface area contributed by atoms with Crippen LogP contribution in [0.25, 0.3) is 11.3 Å². The molecule has 0 atom stereocenters. The van der Waals surface area contributed by atoms with E-state index < -0.39 is 0 Å². The summed E-state index contributed by atoms with van der Waals surface area (Å²) in [5.74, 6) is 2.61. The molecule has 0 saturated carbocycles. The number of ether oxygens (including phenoxy) is 2. The minimum absolute atomic E-state index is 0.0318. The lowest BCUT2D eigenvalue weighted by atomic mass is 10.1.